The molecule has 2 atom stereocenters. The highest BCUT2D eigenvalue weighted by Crippen LogP contribution is 2.39. The van der Waals surface area contributed by atoms with E-state index in [1.807, 2.05) is 20.8 Å². The minimum absolute atomic E-state index is 0.0450. The number of rotatable bonds is 3. The number of hydrogen-bond donors (Lipinski definition) is 0. The van der Waals surface area contributed by atoms with Crippen LogP contribution in [0.3, 0.4) is 0 Å². The van der Waals surface area contributed by atoms with Crippen molar-refractivity contribution >= 4 is 32.5 Å². The van der Waals surface area contributed by atoms with Crippen molar-refractivity contribution in [3.63, 3.8) is 0 Å². The fraction of sp³-hybridized carbons (Fsp3) is 0.611. The molecule has 0 spiro atoms. The van der Waals surface area contributed by atoms with Gasteiger partial charge in [-0.1, -0.05) is 45.2 Å². The van der Waals surface area contributed by atoms with Crippen LogP contribution in [0, 0.1) is 0 Å². The third-order valence-corrected chi connectivity index (χ3v) is 7.47. The first-order valence-corrected chi connectivity index (χ1v) is 10.4. The van der Waals surface area contributed by atoms with E-state index in [1.165, 1.54) is 0 Å². The van der Waals surface area contributed by atoms with Crippen LogP contribution in [0.4, 0.5) is 0 Å². The van der Waals surface area contributed by atoms with E-state index in [0.29, 0.717) is 17.8 Å². The van der Waals surface area contributed by atoms with Crippen LogP contribution < -0.4 is 0 Å². The Morgan fingerprint density at radius 2 is 1.92 bits per heavy atom. The standard InChI is InChI=1S/C18H24ClNO4S/c1-18(2,3)17-20-12-10-9-11(19)16(15(12)24-17)25(21,22)14-8-6-5-7-13(14)23-4/h9-10,13-14H,5-8H2,1-4H3/t13-,14-/m0/s1. The smallest absolute Gasteiger partial charge is 0.200 e. The van der Waals surface area contributed by atoms with Gasteiger partial charge in [-0.25, -0.2) is 13.4 Å². The van der Waals surface area contributed by atoms with Crippen molar-refractivity contribution in [1.82, 2.24) is 4.98 Å². The quantitative estimate of drug-likeness (QED) is 0.777. The normalized spacial score (nSPS) is 22.4. The van der Waals surface area contributed by atoms with Crippen LogP contribution >= 0.6 is 11.6 Å². The van der Waals surface area contributed by atoms with Gasteiger partial charge < -0.3 is 9.15 Å². The third kappa shape index (κ3) is 3.32. The van der Waals surface area contributed by atoms with Gasteiger partial charge in [0.1, 0.15) is 10.4 Å². The zero-order chi connectivity index (χ0) is 18.4. The molecule has 1 saturated carbocycles. The fourth-order valence-electron chi connectivity index (χ4n) is 3.37. The van der Waals surface area contributed by atoms with Crippen LogP contribution in [0.2, 0.25) is 5.02 Å². The summed E-state index contributed by atoms with van der Waals surface area (Å²) >= 11 is 6.31. The molecule has 0 unspecified atom stereocenters. The highest BCUT2D eigenvalue weighted by Gasteiger charge is 2.40. The number of hydrogen-bond acceptors (Lipinski definition) is 5. The number of oxazole rings is 1. The van der Waals surface area contributed by atoms with Crippen molar-refractivity contribution in [2.75, 3.05) is 7.11 Å². The van der Waals surface area contributed by atoms with Gasteiger partial charge in [0.25, 0.3) is 0 Å². The van der Waals surface area contributed by atoms with Gasteiger partial charge in [-0.2, -0.15) is 0 Å². The van der Waals surface area contributed by atoms with E-state index in [4.69, 9.17) is 20.8 Å². The Morgan fingerprint density at radius 1 is 1.24 bits per heavy atom. The summed E-state index contributed by atoms with van der Waals surface area (Å²) in [7, 11) is -2.14. The molecule has 0 amide bonds. The molecular weight excluding hydrogens is 362 g/mol. The lowest BCUT2D eigenvalue weighted by Gasteiger charge is -2.30. The maximum absolute atomic E-state index is 13.4. The topological polar surface area (TPSA) is 69.4 Å². The number of benzene rings is 1. The number of halogens is 1. The predicted octanol–water partition coefficient (Wildman–Crippen LogP) is 4.51. The van der Waals surface area contributed by atoms with E-state index < -0.39 is 15.1 Å². The molecular formula is C18H24ClNO4S. The molecule has 25 heavy (non-hydrogen) atoms. The summed E-state index contributed by atoms with van der Waals surface area (Å²) in [6.45, 7) is 5.90. The number of sulfone groups is 1. The summed E-state index contributed by atoms with van der Waals surface area (Å²) in [4.78, 5) is 4.51. The highest BCUT2D eigenvalue weighted by atomic mass is 35.5. The van der Waals surface area contributed by atoms with Crippen LogP contribution in [-0.4, -0.2) is 31.9 Å². The predicted molar refractivity (Wildman–Crippen MR) is 98.0 cm³/mol. The molecule has 7 heteroatoms. The van der Waals surface area contributed by atoms with E-state index in [1.54, 1.807) is 19.2 Å². The molecule has 0 N–H and O–H groups in total. The van der Waals surface area contributed by atoms with Gasteiger partial charge in [0, 0.05) is 12.5 Å². The van der Waals surface area contributed by atoms with Crippen LogP contribution in [0.15, 0.2) is 21.4 Å². The van der Waals surface area contributed by atoms with Crippen molar-refractivity contribution in [2.24, 2.45) is 0 Å². The summed E-state index contributed by atoms with van der Waals surface area (Å²) in [5.74, 6) is 0.494. The Kier molecular flexibility index (Phi) is 4.90. The lowest BCUT2D eigenvalue weighted by molar-refractivity contribution is 0.0738. The Bertz CT molecular complexity index is 882. The second-order valence-corrected chi connectivity index (χ2v) is 10.1. The summed E-state index contributed by atoms with van der Waals surface area (Å²) in [6, 6.07) is 3.28. The maximum atomic E-state index is 13.4. The van der Waals surface area contributed by atoms with E-state index in [2.05, 4.69) is 4.98 Å². The molecule has 5 nitrogen and oxygen atoms in total. The number of fused-ring (bicyclic) bond motifs is 1. The monoisotopic (exact) mass is 385 g/mol. The largest absolute Gasteiger partial charge is 0.439 e. The molecule has 0 aliphatic heterocycles. The van der Waals surface area contributed by atoms with Gasteiger partial charge in [-0.15, -0.1) is 0 Å². The summed E-state index contributed by atoms with van der Waals surface area (Å²) in [5, 5.41) is -0.443. The Balaban J connectivity index is 2.19. The summed E-state index contributed by atoms with van der Waals surface area (Å²) in [6.07, 6.45) is 2.81. The summed E-state index contributed by atoms with van der Waals surface area (Å²) < 4.78 is 38.1. The molecule has 1 aliphatic rings. The van der Waals surface area contributed by atoms with Gasteiger partial charge in [0.2, 0.25) is 5.89 Å². The van der Waals surface area contributed by atoms with E-state index >= 15 is 0 Å². The molecule has 0 bridgehead atoms. The molecule has 138 valence electrons. The van der Waals surface area contributed by atoms with Crippen molar-refractivity contribution < 1.29 is 17.6 Å². The van der Waals surface area contributed by atoms with Crippen molar-refractivity contribution in [3.05, 3.63) is 23.0 Å². The van der Waals surface area contributed by atoms with Gasteiger partial charge in [0.05, 0.1) is 16.4 Å². The second-order valence-electron chi connectivity index (χ2n) is 7.64. The molecule has 1 fully saturated rings. The number of aromatic nitrogens is 1. The van der Waals surface area contributed by atoms with Crippen LogP contribution in [0.5, 0.6) is 0 Å². The lowest BCUT2D eigenvalue weighted by Crippen LogP contribution is -2.38. The van der Waals surface area contributed by atoms with Crippen molar-refractivity contribution in [3.8, 4) is 0 Å². The number of nitrogens with zero attached hydrogens (tertiary/aromatic N) is 1. The van der Waals surface area contributed by atoms with Gasteiger partial charge in [-0.3, -0.25) is 0 Å². The van der Waals surface area contributed by atoms with Crippen LogP contribution in [-0.2, 0) is 20.0 Å². The van der Waals surface area contributed by atoms with Gasteiger partial charge in [-0.05, 0) is 25.0 Å². The zero-order valence-corrected chi connectivity index (χ0v) is 16.6. The van der Waals surface area contributed by atoms with Gasteiger partial charge >= 0.3 is 0 Å². The Labute approximate surface area is 153 Å². The van der Waals surface area contributed by atoms with E-state index in [-0.39, 0.29) is 27.0 Å². The first-order chi connectivity index (χ1) is 11.7. The zero-order valence-electron chi connectivity index (χ0n) is 15.0. The first kappa shape index (κ1) is 18.7. The van der Waals surface area contributed by atoms with E-state index in [9.17, 15) is 8.42 Å². The minimum atomic E-state index is -3.70. The Morgan fingerprint density at radius 3 is 2.56 bits per heavy atom. The van der Waals surface area contributed by atoms with Crippen LogP contribution in [0.25, 0.3) is 11.1 Å². The highest BCUT2D eigenvalue weighted by molar-refractivity contribution is 7.92. The van der Waals surface area contributed by atoms with Crippen molar-refractivity contribution in [2.45, 2.75) is 68.1 Å². The average molecular weight is 386 g/mol. The molecule has 1 aliphatic carbocycles. The van der Waals surface area contributed by atoms with Crippen LogP contribution in [0.1, 0.15) is 52.3 Å². The Hall–Kier alpha value is -1.11. The number of ether oxygens (including phenoxy) is 1. The van der Waals surface area contributed by atoms with Gasteiger partial charge in [0.15, 0.2) is 15.4 Å². The SMILES string of the molecule is CO[C@H]1CCCC[C@@H]1S(=O)(=O)c1c(Cl)ccc2nc(C(C)(C)C)oc12. The molecule has 1 aromatic heterocycles. The molecule has 2 aromatic rings. The summed E-state index contributed by atoms with van der Waals surface area (Å²) in [5.41, 5.74) is 0.433. The first-order valence-electron chi connectivity index (χ1n) is 8.52. The average Bonchev–Trinajstić information content (AvgIpc) is 2.98. The number of methoxy groups -OCH3 is 1. The minimum Gasteiger partial charge on any atom is -0.439 e. The van der Waals surface area contributed by atoms with Crippen molar-refractivity contribution in [1.29, 1.82) is 0 Å². The molecule has 0 radical (unpaired) electrons. The molecule has 1 heterocycles. The maximum Gasteiger partial charge on any atom is 0.200 e. The molecule has 1 aromatic carbocycles. The third-order valence-electron chi connectivity index (χ3n) is 4.73. The second kappa shape index (κ2) is 6.56. The molecule has 0 saturated heterocycles. The van der Waals surface area contributed by atoms with E-state index in [0.717, 1.165) is 19.3 Å². The fourth-order valence-corrected chi connectivity index (χ4v) is 6.01. The molecule has 3 rings (SSSR count). The lowest BCUT2D eigenvalue weighted by atomic mass is 9.97.